The van der Waals surface area contributed by atoms with Crippen LogP contribution in [0.5, 0.6) is 0 Å². The zero-order valence-electron chi connectivity index (χ0n) is 10.6. The van der Waals surface area contributed by atoms with E-state index in [0.29, 0.717) is 5.92 Å². The highest BCUT2D eigenvalue weighted by atomic mass is 35.5. The molecule has 3 nitrogen and oxygen atoms in total. The molecule has 18 heavy (non-hydrogen) atoms. The smallest absolute Gasteiger partial charge is 0.138 e. The average Bonchev–Trinajstić information content (AvgIpc) is 2.87. The van der Waals surface area contributed by atoms with Crippen molar-refractivity contribution in [3.05, 3.63) is 30.6 Å². The molecule has 1 unspecified atom stereocenters. The van der Waals surface area contributed by atoms with Gasteiger partial charge in [-0.2, -0.15) is 0 Å². The minimum absolute atomic E-state index is 0.288. The van der Waals surface area contributed by atoms with Gasteiger partial charge in [0.1, 0.15) is 11.5 Å². The fourth-order valence-electron chi connectivity index (χ4n) is 2.78. The second-order valence-electron chi connectivity index (χ2n) is 5.04. The molecular weight excluding hydrogens is 246 g/mol. The van der Waals surface area contributed by atoms with Crippen molar-refractivity contribution in [1.29, 1.82) is 0 Å². The van der Waals surface area contributed by atoms with Gasteiger partial charge in [-0.05, 0) is 37.8 Å². The topological polar surface area (TPSA) is 20.5 Å². The predicted molar refractivity (Wildman–Crippen MR) is 75.4 cm³/mol. The van der Waals surface area contributed by atoms with Gasteiger partial charge in [0.2, 0.25) is 0 Å². The first-order valence-electron chi connectivity index (χ1n) is 6.57. The van der Waals surface area contributed by atoms with Crippen LogP contribution >= 0.6 is 11.6 Å². The Bertz CT molecular complexity index is 527. The molecule has 0 aromatic carbocycles. The third kappa shape index (κ3) is 2.07. The quantitative estimate of drug-likeness (QED) is 0.776. The van der Waals surface area contributed by atoms with Crippen molar-refractivity contribution in [2.24, 2.45) is 5.92 Å². The van der Waals surface area contributed by atoms with Gasteiger partial charge in [0.25, 0.3) is 0 Å². The van der Waals surface area contributed by atoms with Crippen LogP contribution in [0.25, 0.3) is 5.65 Å². The lowest BCUT2D eigenvalue weighted by atomic mass is 9.94. The number of imidazole rings is 1. The van der Waals surface area contributed by atoms with Crippen LogP contribution in [0, 0.1) is 5.92 Å². The molecule has 96 valence electrons. The number of anilines is 1. The van der Waals surface area contributed by atoms with Gasteiger partial charge >= 0.3 is 0 Å². The summed E-state index contributed by atoms with van der Waals surface area (Å²) in [5, 5.41) is 0.288. The van der Waals surface area contributed by atoms with E-state index in [-0.39, 0.29) is 5.38 Å². The standard InChI is InChI=1S/C14H18ClN3/c1-11(15)12-5-8-17(9-6-12)14-4-2-3-13-16-7-10-18(13)14/h2-4,7,10-12H,5-6,8-9H2,1H3. The number of aromatic nitrogens is 2. The molecule has 2 aromatic heterocycles. The molecule has 0 spiro atoms. The highest BCUT2D eigenvalue weighted by molar-refractivity contribution is 6.20. The summed E-state index contributed by atoms with van der Waals surface area (Å²) < 4.78 is 2.16. The third-order valence-corrected chi connectivity index (χ3v) is 4.28. The number of hydrogen-bond acceptors (Lipinski definition) is 2. The molecule has 0 saturated carbocycles. The van der Waals surface area contributed by atoms with Gasteiger partial charge in [-0.3, -0.25) is 4.40 Å². The summed E-state index contributed by atoms with van der Waals surface area (Å²) in [6.45, 7) is 4.27. The van der Waals surface area contributed by atoms with Gasteiger partial charge in [0.15, 0.2) is 0 Å². The van der Waals surface area contributed by atoms with Crippen LogP contribution < -0.4 is 4.90 Å². The minimum atomic E-state index is 0.288. The minimum Gasteiger partial charge on any atom is -0.358 e. The summed E-state index contributed by atoms with van der Waals surface area (Å²) in [6.07, 6.45) is 6.23. The number of rotatable bonds is 2. The molecule has 1 fully saturated rings. The maximum absolute atomic E-state index is 6.19. The van der Waals surface area contributed by atoms with E-state index in [2.05, 4.69) is 33.3 Å². The van der Waals surface area contributed by atoms with Gasteiger partial charge in [-0.15, -0.1) is 11.6 Å². The first-order chi connectivity index (χ1) is 8.75. The molecule has 0 N–H and O–H groups in total. The lowest BCUT2D eigenvalue weighted by Crippen LogP contribution is -2.36. The van der Waals surface area contributed by atoms with Gasteiger partial charge in [-0.1, -0.05) is 6.07 Å². The summed E-state index contributed by atoms with van der Waals surface area (Å²) in [5.41, 5.74) is 1.01. The maximum atomic E-state index is 6.19. The fourth-order valence-corrected chi connectivity index (χ4v) is 3.03. The first-order valence-corrected chi connectivity index (χ1v) is 7.00. The Kier molecular flexibility index (Phi) is 3.16. The number of halogens is 1. The molecule has 4 heteroatoms. The lowest BCUT2D eigenvalue weighted by molar-refractivity contribution is 0.398. The van der Waals surface area contributed by atoms with E-state index in [1.165, 1.54) is 18.7 Å². The van der Waals surface area contributed by atoms with Crippen molar-refractivity contribution in [3.8, 4) is 0 Å². The highest BCUT2D eigenvalue weighted by Crippen LogP contribution is 2.27. The molecule has 1 atom stereocenters. The SMILES string of the molecule is CC(Cl)C1CCN(c2cccc3nccn23)CC1. The van der Waals surface area contributed by atoms with E-state index in [1.807, 2.05) is 18.5 Å². The van der Waals surface area contributed by atoms with Crippen molar-refractivity contribution in [2.75, 3.05) is 18.0 Å². The van der Waals surface area contributed by atoms with E-state index in [9.17, 15) is 0 Å². The molecule has 0 bridgehead atoms. The van der Waals surface area contributed by atoms with E-state index < -0.39 is 0 Å². The van der Waals surface area contributed by atoms with Crippen LogP contribution in [0.2, 0.25) is 0 Å². The van der Waals surface area contributed by atoms with Crippen molar-refractivity contribution >= 4 is 23.1 Å². The van der Waals surface area contributed by atoms with Crippen LogP contribution in [-0.4, -0.2) is 27.9 Å². The molecule has 2 aromatic rings. The second kappa shape index (κ2) is 4.81. The van der Waals surface area contributed by atoms with E-state index in [4.69, 9.17) is 11.6 Å². The molecule has 1 aliphatic heterocycles. The summed E-state index contributed by atoms with van der Waals surface area (Å²) in [6, 6.07) is 6.28. The van der Waals surface area contributed by atoms with Crippen molar-refractivity contribution < 1.29 is 0 Å². The number of pyridine rings is 1. The van der Waals surface area contributed by atoms with E-state index >= 15 is 0 Å². The molecule has 3 rings (SSSR count). The Balaban J connectivity index is 1.82. The zero-order chi connectivity index (χ0) is 12.5. The van der Waals surface area contributed by atoms with E-state index in [0.717, 1.165) is 18.7 Å². The van der Waals surface area contributed by atoms with Crippen LogP contribution in [0.1, 0.15) is 19.8 Å². The Labute approximate surface area is 112 Å². The summed E-state index contributed by atoms with van der Waals surface area (Å²) in [7, 11) is 0. The van der Waals surface area contributed by atoms with Gasteiger partial charge in [-0.25, -0.2) is 4.98 Å². The first kappa shape index (κ1) is 11.8. The van der Waals surface area contributed by atoms with Gasteiger partial charge < -0.3 is 4.90 Å². The summed E-state index contributed by atoms with van der Waals surface area (Å²) in [4.78, 5) is 6.77. The van der Waals surface area contributed by atoms with Crippen molar-refractivity contribution in [2.45, 2.75) is 25.1 Å². The number of fused-ring (bicyclic) bond motifs is 1. The van der Waals surface area contributed by atoms with Crippen LogP contribution in [0.3, 0.4) is 0 Å². The lowest BCUT2D eigenvalue weighted by Gasteiger charge is -2.34. The van der Waals surface area contributed by atoms with Crippen molar-refractivity contribution in [3.63, 3.8) is 0 Å². The highest BCUT2D eigenvalue weighted by Gasteiger charge is 2.23. The Hall–Kier alpha value is -1.22. The summed E-state index contributed by atoms with van der Waals surface area (Å²) >= 11 is 6.19. The Morgan fingerprint density at radius 1 is 1.33 bits per heavy atom. The van der Waals surface area contributed by atoms with Crippen LogP contribution in [0.15, 0.2) is 30.6 Å². The normalized spacial score (nSPS) is 19.3. The average molecular weight is 264 g/mol. The Morgan fingerprint density at radius 3 is 2.83 bits per heavy atom. The fraction of sp³-hybridized carbons (Fsp3) is 0.500. The molecule has 1 saturated heterocycles. The molecule has 1 aliphatic rings. The summed E-state index contributed by atoms with van der Waals surface area (Å²) in [5.74, 6) is 1.90. The van der Waals surface area contributed by atoms with E-state index in [1.54, 1.807) is 0 Å². The monoisotopic (exact) mass is 263 g/mol. The number of piperidine rings is 1. The second-order valence-corrected chi connectivity index (χ2v) is 5.73. The predicted octanol–water partition coefficient (Wildman–Crippen LogP) is 3.18. The molecule has 3 heterocycles. The molecule has 0 amide bonds. The third-order valence-electron chi connectivity index (χ3n) is 3.92. The maximum Gasteiger partial charge on any atom is 0.138 e. The zero-order valence-corrected chi connectivity index (χ0v) is 11.3. The molecular formula is C14H18ClN3. The number of alkyl halides is 1. The van der Waals surface area contributed by atoms with Gasteiger partial charge in [0, 0.05) is 30.9 Å². The number of nitrogens with zero attached hydrogens (tertiary/aromatic N) is 3. The number of hydrogen-bond donors (Lipinski definition) is 0. The Morgan fingerprint density at radius 2 is 2.11 bits per heavy atom. The molecule has 0 aliphatic carbocycles. The van der Waals surface area contributed by atoms with Crippen LogP contribution in [-0.2, 0) is 0 Å². The van der Waals surface area contributed by atoms with Crippen molar-refractivity contribution in [1.82, 2.24) is 9.38 Å². The molecule has 0 radical (unpaired) electrons. The van der Waals surface area contributed by atoms with Crippen LogP contribution in [0.4, 0.5) is 5.82 Å². The van der Waals surface area contributed by atoms with Gasteiger partial charge in [0.05, 0.1) is 0 Å². The largest absolute Gasteiger partial charge is 0.358 e.